The maximum absolute atomic E-state index is 11.9. The maximum Gasteiger partial charge on any atom is 0.237 e. The van der Waals surface area contributed by atoms with Crippen LogP contribution >= 0.6 is 11.6 Å². The predicted octanol–water partition coefficient (Wildman–Crippen LogP) is 2.75. The SMILES string of the molecule is CC(C)(C)S(=O)(=O)Nc1ccc(C#N)cc1Cl. The molecule has 0 amide bonds. The number of halogens is 1. The van der Waals surface area contributed by atoms with Crippen molar-refractivity contribution in [2.45, 2.75) is 25.5 Å². The average molecular weight is 273 g/mol. The van der Waals surface area contributed by atoms with Gasteiger partial charge in [-0.15, -0.1) is 0 Å². The minimum atomic E-state index is -3.51. The first-order chi connectivity index (χ1) is 7.67. The van der Waals surface area contributed by atoms with E-state index in [0.29, 0.717) is 5.56 Å². The fourth-order valence-corrected chi connectivity index (χ4v) is 2.02. The largest absolute Gasteiger partial charge is 0.282 e. The molecule has 1 aromatic rings. The van der Waals surface area contributed by atoms with Gasteiger partial charge in [0.25, 0.3) is 0 Å². The fourth-order valence-electron chi connectivity index (χ4n) is 0.965. The lowest BCUT2D eigenvalue weighted by Gasteiger charge is -2.20. The molecule has 0 atom stereocenters. The van der Waals surface area contributed by atoms with Crippen molar-refractivity contribution in [1.29, 1.82) is 5.26 Å². The summed E-state index contributed by atoms with van der Waals surface area (Å²) in [6.07, 6.45) is 0. The lowest BCUT2D eigenvalue weighted by molar-refractivity contribution is 0.566. The van der Waals surface area contributed by atoms with Gasteiger partial charge in [0.1, 0.15) is 0 Å². The third kappa shape index (κ3) is 3.11. The number of anilines is 1. The van der Waals surface area contributed by atoms with Crippen molar-refractivity contribution in [2.75, 3.05) is 4.72 Å². The summed E-state index contributed by atoms with van der Waals surface area (Å²) in [4.78, 5) is 0. The van der Waals surface area contributed by atoms with E-state index in [0.717, 1.165) is 0 Å². The van der Waals surface area contributed by atoms with Gasteiger partial charge in [0, 0.05) is 0 Å². The number of hydrogen-bond donors (Lipinski definition) is 1. The van der Waals surface area contributed by atoms with Crippen molar-refractivity contribution in [3.63, 3.8) is 0 Å². The monoisotopic (exact) mass is 272 g/mol. The van der Waals surface area contributed by atoms with Gasteiger partial charge < -0.3 is 0 Å². The van der Waals surface area contributed by atoms with Crippen LogP contribution in [0.15, 0.2) is 18.2 Å². The van der Waals surface area contributed by atoms with Crippen LogP contribution in [0.2, 0.25) is 5.02 Å². The van der Waals surface area contributed by atoms with Crippen LogP contribution in [-0.4, -0.2) is 13.2 Å². The van der Waals surface area contributed by atoms with Crippen molar-refractivity contribution in [1.82, 2.24) is 0 Å². The molecular formula is C11H13ClN2O2S. The highest BCUT2D eigenvalue weighted by Gasteiger charge is 2.29. The zero-order valence-corrected chi connectivity index (χ0v) is 11.4. The minimum Gasteiger partial charge on any atom is -0.282 e. The van der Waals surface area contributed by atoms with Crippen LogP contribution in [0, 0.1) is 11.3 Å². The van der Waals surface area contributed by atoms with Crippen LogP contribution in [0.1, 0.15) is 26.3 Å². The topological polar surface area (TPSA) is 70.0 Å². The van der Waals surface area contributed by atoms with Gasteiger partial charge in [-0.05, 0) is 39.0 Å². The molecule has 0 spiro atoms. The summed E-state index contributed by atoms with van der Waals surface area (Å²) in [5.41, 5.74) is 0.661. The van der Waals surface area contributed by atoms with Gasteiger partial charge in [0.15, 0.2) is 0 Å². The first-order valence-electron chi connectivity index (χ1n) is 4.89. The molecule has 0 aliphatic heterocycles. The number of nitrogens with one attached hydrogen (secondary N) is 1. The molecule has 0 heterocycles. The molecular weight excluding hydrogens is 260 g/mol. The van der Waals surface area contributed by atoms with Gasteiger partial charge >= 0.3 is 0 Å². The van der Waals surface area contributed by atoms with Crippen molar-refractivity contribution in [3.05, 3.63) is 28.8 Å². The van der Waals surface area contributed by atoms with Crippen LogP contribution in [-0.2, 0) is 10.0 Å². The number of hydrogen-bond acceptors (Lipinski definition) is 3. The highest BCUT2D eigenvalue weighted by atomic mass is 35.5. The van der Waals surface area contributed by atoms with E-state index in [1.54, 1.807) is 20.8 Å². The number of sulfonamides is 1. The van der Waals surface area contributed by atoms with Crippen LogP contribution in [0.3, 0.4) is 0 Å². The molecule has 0 aliphatic rings. The van der Waals surface area contributed by atoms with Crippen LogP contribution < -0.4 is 4.72 Å². The summed E-state index contributed by atoms with van der Waals surface area (Å²) >= 11 is 5.89. The van der Waals surface area contributed by atoms with Crippen LogP contribution in [0.4, 0.5) is 5.69 Å². The summed E-state index contributed by atoms with van der Waals surface area (Å²) in [7, 11) is -3.51. The second-order valence-corrected chi connectivity index (χ2v) is 7.37. The minimum absolute atomic E-state index is 0.205. The van der Waals surface area contributed by atoms with Gasteiger partial charge in [0.2, 0.25) is 10.0 Å². The Labute approximate surface area is 106 Å². The third-order valence-electron chi connectivity index (χ3n) is 2.15. The quantitative estimate of drug-likeness (QED) is 0.900. The van der Waals surface area contributed by atoms with Gasteiger partial charge in [-0.1, -0.05) is 11.6 Å². The Kier molecular flexibility index (Phi) is 3.70. The van der Waals surface area contributed by atoms with E-state index in [1.807, 2.05) is 6.07 Å². The van der Waals surface area contributed by atoms with Crippen LogP contribution in [0.5, 0.6) is 0 Å². The highest BCUT2D eigenvalue weighted by molar-refractivity contribution is 7.94. The van der Waals surface area contributed by atoms with Gasteiger partial charge in [-0.3, -0.25) is 4.72 Å². The van der Waals surface area contributed by atoms with E-state index in [9.17, 15) is 8.42 Å². The Morgan fingerprint density at radius 2 is 1.94 bits per heavy atom. The maximum atomic E-state index is 11.9. The summed E-state index contributed by atoms with van der Waals surface area (Å²) < 4.78 is 25.3. The summed E-state index contributed by atoms with van der Waals surface area (Å²) in [5.74, 6) is 0. The molecule has 0 saturated carbocycles. The first kappa shape index (κ1) is 13.8. The van der Waals surface area contributed by atoms with Gasteiger partial charge in [0.05, 0.1) is 27.1 Å². The molecule has 6 heteroatoms. The summed E-state index contributed by atoms with van der Waals surface area (Å²) in [5, 5.41) is 8.87. The smallest absolute Gasteiger partial charge is 0.237 e. The lowest BCUT2D eigenvalue weighted by Crippen LogP contribution is -2.33. The van der Waals surface area contributed by atoms with Crippen LogP contribution in [0.25, 0.3) is 0 Å². The fraction of sp³-hybridized carbons (Fsp3) is 0.364. The molecule has 1 N–H and O–H groups in total. The molecule has 0 fully saturated rings. The summed E-state index contributed by atoms with van der Waals surface area (Å²) in [6, 6.07) is 6.33. The van der Waals surface area contributed by atoms with Gasteiger partial charge in [-0.2, -0.15) is 5.26 Å². The van der Waals surface area contributed by atoms with E-state index in [1.165, 1.54) is 18.2 Å². The standard InChI is InChI=1S/C11H13ClN2O2S/c1-11(2,3)17(15,16)14-10-5-4-8(7-13)6-9(10)12/h4-6,14H,1-3H3. The Morgan fingerprint density at radius 1 is 1.35 bits per heavy atom. The van der Waals surface area contributed by atoms with Crippen molar-refractivity contribution in [2.24, 2.45) is 0 Å². The molecule has 0 aliphatic carbocycles. The molecule has 92 valence electrons. The molecule has 1 aromatic carbocycles. The Bertz CT molecular complexity index is 568. The number of nitrogens with zero attached hydrogens (tertiary/aromatic N) is 1. The number of benzene rings is 1. The third-order valence-corrected chi connectivity index (χ3v) is 4.56. The van der Waals surface area contributed by atoms with E-state index >= 15 is 0 Å². The molecule has 0 unspecified atom stereocenters. The van der Waals surface area contributed by atoms with E-state index in [-0.39, 0.29) is 10.7 Å². The Hall–Kier alpha value is -1.25. The molecule has 4 nitrogen and oxygen atoms in total. The average Bonchev–Trinajstić information content (AvgIpc) is 2.19. The second-order valence-electron chi connectivity index (χ2n) is 4.52. The normalized spacial score (nSPS) is 11.9. The Balaban J connectivity index is 3.11. The van der Waals surface area contributed by atoms with E-state index in [2.05, 4.69) is 4.72 Å². The molecule has 1 rings (SSSR count). The first-order valence-corrected chi connectivity index (χ1v) is 6.75. The molecule has 0 saturated heterocycles. The summed E-state index contributed by atoms with van der Waals surface area (Å²) in [6.45, 7) is 4.77. The Morgan fingerprint density at radius 3 is 2.35 bits per heavy atom. The molecule has 0 aromatic heterocycles. The number of rotatable bonds is 2. The molecule has 0 bridgehead atoms. The van der Waals surface area contributed by atoms with E-state index < -0.39 is 14.8 Å². The lowest BCUT2D eigenvalue weighted by atomic mass is 10.2. The number of nitriles is 1. The van der Waals surface area contributed by atoms with Crippen molar-refractivity contribution < 1.29 is 8.42 Å². The highest BCUT2D eigenvalue weighted by Crippen LogP contribution is 2.26. The zero-order valence-electron chi connectivity index (χ0n) is 9.78. The molecule has 0 radical (unpaired) electrons. The van der Waals surface area contributed by atoms with E-state index in [4.69, 9.17) is 16.9 Å². The van der Waals surface area contributed by atoms with Gasteiger partial charge in [-0.25, -0.2) is 8.42 Å². The molecule has 17 heavy (non-hydrogen) atoms. The second kappa shape index (κ2) is 4.55. The van der Waals surface area contributed by atoms with Crippen molar-refractivity contribution >= 4 is 27.3 Å². The zero-order chi connectivity index (χ0) is 13.3. The van der Waals surface area contributed by atoms with Crippen molar-refractivity contribution in [3.8, 4) is 6.07 Å². The predicted molar refractivity (Wildman–Crippen MR) is 68.5 cm³/mol.